The lowest BCUT2D eigenvalue weighted by Gasteiger charge is -2.30. The van der Waals surface area contributed by atoms with E-state index in [-0.39, 0.29) is 6.10 Å². The van der Waals surface area contributed by atoms with Crippen molar-refractivity contribution in [1.82, 2.24) is 15.5 Å². The fraction of sp³-hybridized carbons (Fsp3) is 0.682. The smallest absolute Gasteiger partial charge is 0.191 e. The number of aliphatic hydroxyl groups excluding tert-OH is 1. The summed E-state index contributed by atoms with van der Waals surface area (Å²) in [5.41, 5.74) is 2.61. The lowest BCUT2D eigenvalue weighted by atomic mass is 9.95. The summed E-state index contributed by atoms with van der Waals surface area (Å²) in [6, 6.07) is 9.39. The normalized spacial score (nSPS) is 24.9. The number of guanidine groups is 1. The molecule has 1 aromatic rings. The zero-order valence-electron chi connectivity index (χ0n) is 17.4. The van der Waals surface area contributed by atoms with Crippen LogP contribution in [-0.2, 0) is 13.1 Å². The number of aliphatic hydroxyl groups is 1. The molecule has 1 heterocycles. The van der Waals surface area contributed by atoms with Gasteiger partial charge in [0, 0.05) is 44.5 Å². The number of benzene rings is 1. The molecular formula is C22H36N4OS. The molecule has 0 spiro atoms. The van der Waals surface area contributed by atoms with Gasteiger partial charge in [-0.15, -0.1) is 0 Å². The Morgan fingerprint density at radius 3 is 2.54 bits per heavy atom. The second-order valence-corrected chi connectivity index (χ2v) is 9.25. The Kier molecular flexibility index (Phi) is 8.49. The van der Waals surface area contributed by atoms with Crippen molar-refractivity contribution in [3.8, 4) is 0 Å². The van der Waals surface area contributed by atoms with Gasteiger partial charge in [0.2, 0.25) is 0 Å². The highest BCUT2D eigenvalue weighted by Gasteiger charge is 2.22. The molecule has 2 unspecified atom stereocenters. The van der Waals surface area contributed by atoms with Crippen molar-refractivity contribution in [2.45, 2.75) is 69.0 Å². The summed E-state index contributed by atoms with van der Waals surface area (Å²) in [7, 11) is 1.85. The molecule has 3 N–H and O–H groups in total. The van der Waals surface area contributed by atoms with Crippen molar-refractivity contribution in [3.05, 3.63) is 35.4 Å². The van der Waals surface area contributed by atoms with Gasteiger partial charge in [-0.05, 0) is 49.5 Å². The highest BCUT2D eigenvalue weighted by Crippen LogP contribution is 2.26. The van der Waals surface area contributed by atoms with E-state index in [9.17, 15) is 5.11 Å². The Morgan fingerprint density at radius 1 is 1.14 bits per heavy atom. The van der Waals surface area contributed by atoms with Crippen LogP contribution < -0.4 is 10.6 Å². The van der Waals surface area contributed by atoms with Crippen LogP contribution in [0.1, 0.15) is 49.7 Å². The molecule has 28 heavy (non-hydrogen) atoms. The average Bonchev–Trinajstić information content (AvgIpc) is 2.74. The third kappa shape index (κ3) is 6.68. The van der Waals surface area contributed by atoms with E-state index in [1.54, 1.807) is 0 Å². The summed E-state index contributed by atoms with van der Waals surface area (Å²) in [6.07, 6.45) is 9.02. The Hall–Kier alpha value is -1.24. The number of hydrogen-bond donors (Lipinski definition) is 3. The predicted octanol–water partition coefficient (Wildman–Crippen LogP) is 2.98. The quantitative estimate of drug-likeness (QED) is 0.503. The van der Waals surface area contributed by atoms with Crippen LogP contribution in [-0.4, -0.2) is 59.8 Å². The fourth-order valence-electron chi connectivity index (χ4n) is 4.16. The topological polar surface area (TPSA) is 59.9 Å². The van der Waals surface area contributed by atoms with E-state index < -0.39 is 0 Å². The van der Waals surface area contributed by atoms with Gasteiger partial charge in [0.15, 0.2) is 5.96 Å². The molecule has 2 aliphatic rings. The van der Waals surface area contributed by atoms with E-state index in [0.717, 1.165) is 50.2 Å². The number of hydrogen-bond acceptors (Lipinski definition) is 4. The van der Waals surface area contributed by atoms with E-state index in [1.807, 2.05) is 18.8 Å². The van der Waals surface area contributed by atoms with E-state index in [1.165, 1.54) is 36.8 Å². The van der Waals surface area contributed by atoms with Crippen LogP contribution in [0.15, 0.2) is 29.3 Å². The Morgan fingerprint density at radius 2 is 1.86 bits per heavy atom. The maximum absolute atomic E-state index is 9.63. The first-order chi connectivity index (χ1) is 13.7. The summed E-state index contributed by atoms with van der Waals surface area (Å²) in [6.45, 7) is 3.74. The van der Waals surface area contributed by atoms with Crippen LogP contribution in [0.5, 0.6) is 0 Å². The Bertz CT molecular complexity index is 613. The van der Waals surface area contributed by atoms with E-state index in [0.29, 0.717) is 6.04 Å². The maximum Gasteiger partial charge on any atom is 0.191 e. The number of nitrogens with zero attached hydrogens (tertiary/aromatic N) is 2. The number of aliphatic imine (C=N–C) groups is 1. The molecule has 1 aliphatic heterocycles. The van der Waals surface area contributed by atoms with Crippen molar-refractivity contribution in [2.24, 2.45) is 4.99 Å². The standard InChI is InChI=1S/C22H36N4OS/c1-23-22(25-19-4-3-5-21(14-19)28-2)24-15-17-6-8-18(9-7-17)16-26-12-10-20(27)11-13-26/h6-9,19-21,27H,3-5,10-16H2,1-2H3,(H2,23,24,25). The Balaban J connectivity index is 1.43. The van der Waals surface area contributed by atoms with Gasteiger partial charge in [-0.25, -0.2) is 0 Å². The molecule has 1 saturated carbocycles. The second kappa shape index (κ2) is 11.1. The molecule has 156 valence electrons. The molecule has 5 nitrogen and oxygen atoms in total. The summed E-state index contributed by atoms with van der Waals surface area (Å²) in [5, 5.41) is 17.5. The number of likely N-dealkylation sites (tertiary alicyclic amines) is 1. The minimum Gasteiger partial charge on any atom is -0.393 e. The fourth-order valence-corrected chi connectivity index (χ4v) is 4.99. The van der Waals surface area contributed by atoms with Gasteiger partial charge in [0.25, 0.3) is 0 Å². The number of thioether (sulfide) groups is 1. The monoisotopic (exact) mass is 404 g/mol. The largest absolute Gasteiger partial charge is 0.393 e. The van der Waals surface area contributed by atoms with Crippen molar-refractivity contribution in [2.75, 3.05) is 26.4 Å². The van der Waals surface area contributed by atoms with Crippen LogP contribution in [0.4, 0.5) is 0 Å². The van der Waals surface area contributed by atoms with Crippen LogP contribution in [0.3, 0.4) is 0 Å². The highest BCUT2D eigenvalue weighted by molar-refractivity contribution is 7.99. The molecule has 0 bridgehead atoms. The van der Waals surface area contributed by atoms with Crippen molar-refractivity contribution in [3.63, 3.8) is 0 Å². The van der Waals surface area contributed by atoms with E-state index in [4.69, 9.17) is 0 Å². The zero-order chi connectivity index (χ0) is 19.8. The van der Waals surface area contributed by atoms with Crippen LogP contribution in [0.25, 0.3) is 0 Å². The van der Waals surface area contributed by atoms with Gasteiger partial charge >= 0.3 is 0 Å². The molecule has 1 saturated heterocycles. The van der Waals surface area contributed by atoms with E-state index in [2.05, 4.69) is 51.0 Å². The first kappa shape index (κ1) is 21.5. The highest BCUT2D eigenvalue weighted by atomic mass is 32.2. The average molecular weight is 405 g/mol. The lowest BCUT2D eigenvalue weighted by Crippen LogP contribution is -2.45. The molecule has 2 atom stereocenters. The number of nitrogens with one attached hydrogen (secondary N) is 2. The maximum atomic E-state index is 9.63. The molecular weight excluding hydrogens is 368 g/mol. The molecule has 1 aromatic carbocycles. The molecule has 0 amide bonds. The van der Waals surface area contributed by atoms with Gasteiger partial charge in [-0.1, -0.05) is 30.7 Å². The zero-order valence-corrected chi connectivity index (χ0v) is 18.2. The van der Waals surface area contributed by atoms with Gasteiger partial charge < -0.3 is 15.7 Å². The van der Waals surface area contributed by atoms with Gasteiger partial charge in [-0.3, -0.25) is 9.89 Å². The first-order valence-corrected chi connectivity index (χ1v) is 11.9. The van der Waals surface area contributed by atoms with Crippen molar-refractivity contribution < 1.29 is 5.11 Å². The lowest BCUT2D eigenvalue weighted by molar-refractivity contribution is 0.0792. The second-order valence-electron chi connectivity index (χ2n) is 8.12. The van der Waals surface area contributed by atoms with Crippen LogP contribution >= 0.6 is 11.8 Å². The Labute approximate surface area is 174 Å². The minimum atomic E-state index is -0.104. The van der Waals surface area contributed by atoms with Crippen molar-refractivity contribution in [1.29, 1.82) is 0 Å². The minimum absolute atomic E-state index is 0.104. The number of rotatable bonds is 6. The van der Waals surface area contributed by atoms with Crippen molar-refractivity contribution >= 4 is 17.7 Å². The summed E-state index contributed by atoms with van der Waals surface area (Å²) in [4.78, 5) is 6.84. The molecule has 0 radical (unpaired) electrons. The summed E-state index contributed by atoms with van der Waals surface area (Å²) >= 11 is 1.99. The first-order valence-electron chi connectivity index (χ1n) is 10.6. The SMILES string of the molecule is CN=C(NCc1ccc(CN2CCC(O)CC2)cc1)NC1CCCC(SC)C1. The molecule has 6 heteroatoms. The predicted molar refractivity (Wildman–Crippen MR) is 120 cm³/mol. The third-order valence-corrected chi connectivity index (χ3v) is 7.06. The van der Waals surface area contributed by atoms with Crippen LogP contribution in [0.2, 0.25) is 0 Å². The van der Waals surface area contributed by atoms with Gasteiger partial charge in [-0.2, -0.15) is 11.8 Å². The van der Waals surface area contributed by atoms with Gasteiger partial charge in [0.1, 0.15) is 0 Å². The van der Waals surface area contributed by atoms with Gasteiger partial charge in [0.05, 0.1) is 6.10 Å². The number of piperidine rings is 1. The summed E-state index contributed by atoms with van der Waals surface area (Å²) in [5.74, 6) is 0.905. The summed E-state index contributed by atoms with van der Waals surface area (Å²) < 4.78 is 0. The molecule has 3 rings (SSSR count). The van der Waals surface area contributed by atoms with Crippen LogP contribution in [0, 0.1) is 0 Å². The molecule has 2 fully saturated rings. The molecule has 1 aliphatic carbocycles. The molecule has 0 aromatic heterocycles. The van der Waals surface area contributed by atoms with E-state index >= 15 is 0 Å². The third-order valence-electron chi connectivity index (χ3n) is 5.97.